The molecule has 1 fully saturated rings. The lowest BCUT2D eigenvalue weighted by Gasteiger charge is -2.31. The van der Waals surface area contributed by atoms with Crippen molar-refractivity contribution in [2.75, 3.05) is 13.2 Å². The van der Waals surface area contributed by atoms with Crippen molar-refractivity contribution in [2.45, 2.75) is 18.4 Å². The van der Waals surface area contributed by atoms with Crippen LogP contribution in [0.1, 0.15) is 23.2 Å². The summed E-state index contributed by atoms with van der Waals surface area (Å²) in [6, 6.07) is 9.42. The zero-order valence-electron chi connectivity index (χ0n) is 10.6. The molecule has 1 saturated heterocycles. The summed E-state index contributed by atoms with van der Waals surface area (Å²) in [5.41, 5.74) is 6.90. The van der Waals surface area contributed by atoms with Gasteiger partial charge in [0, 0.05) is 30.4 Å². The molecule has 3 rings (SSSR count). The average Bonchev–Trinajstić information content (AvgIpc) is 2.47. The molecule has 0 aliphatic carbocycles. The first-order chi connectivity index (χ1) is 9.19. The Balaban J connectivity index is 1.97. The van der Waals surface area contributed by atoms with Crippen LogP contribution in [0.2, 0.25) is 0 Å². The fraction of sp³-hybridized carbons (Fsp3) is 0.333. The van der Waals surface area contributed by atoms with E-state index < -0.39 is 5.54 Å². The van der Waals surface area contributed by atoms with Crippen molar-refractivity contribution < 1.29 is 9.53 Å². The minimum absolute atomic E-state index is 0.0108. The second kappa shape index (κ2) is 4.72. The summed E-state index contributed by atoms with van der Waals surface area (Å²) in [4.78, 5) is 16.8. The van der Waals surface area contributed by atoms with E-state index >= 15 is 0 Å². The first-order valence-electron chi connectivity index (χ1n) is 6.45. The summed E-state index contributed by atoms with van der Waals surface area (Å²) in [5.74, 6) is -0.0108. The maximum atomic E-state index is 12.6. The monoisotopic (exact) mass is 256 g/mol. The molecule has 4 nitrogen and oxygen atoms in total. The Labute approximate surface area is 111 Å². The third-order valence-corrected chi connectivity index (χ3v) is 3.71. The van der Waals surface area contributed by atoms with E-state index in [1.807, 2.05) is 30.3 Å². The molecule has 2 N–H and O–H groups in total. The molecule has 0 radical (unpaired) electrons. The predicted molar refractivity (Wildman–Crippen MR) is 73.0 cm³/mol. The van der Waals surface area contributed by atoms with Crippen molar-refractivity contribution in [1.82, 2.24) is 4.98 Å². The van der Waals surface area contributed by atoms with Gasteiger partial charge in [-0.25, -0.2) is 0 Å². The largest absolute Gasteiger partial charge is 0.381 e. The molecule has 1 aliphatic heterocycles. The fourth-order valence-corrected chi connectivity index (χ4v) is 2.46. The van der Waals surface area contributed by atoms with Crippen LogP contribution in [0, 0.1) is 0 Å². The number of Topliss-reactive ketones (excluding diaryl/α,β-unsaturated/α-hetero) is 1. The number of nitrogens with two attached hydrogens (primary N) is 1. The van der Waals surface area contributed by atoms with E-state index in [9.17, 15) is 4.79 Å². The topological polar surface area (TPSA) is 65.2 Å². The van der Waals surface area contributed by atoms with Crippen LogP contribution in [0.5, 0.6) is 0 Å². The van der Waals surface area contributed by atoms with Gasteiger partial charge in [-0.2, -0.15) is 0 Å². The van der Waals surface area contributed by atoms with E-state index in [-0.39, 0.29) is 5.78 Å². The fourth-order valence-electron chi connectivity index (χ4n) is 2.46. The van der Waals surface area contributed by atoms with Gasteiger partial charge >= 0.3 is 0 Å². The number of ketones is 1. The Kier molecular flexibility index (Phi) is 3.05. The van der Waals surface area contributed by atoms with Crippen LogP contribution in [0.3, 0.4) is 0 Å². The molecular weight excluding hydrogens is 240 g/mol. The van der Waals surface area contributed by atoms with Gasteiger partial charge in [0.05, 0.1) is 11.1 Å². The summed E-state index contributed by atoms with van der Waals surface area (Å²) in [7, 11) is 0. The van der Waals surface area contributed by atoms with Crippen LogP contribution in [0.25, 0.3) is 10.9 Å². The Morgan fingerprint density at radius 2 is 2.05 bits per heavy atom. The molecule has 1 aromatic carbocycles. The second-order valence-corrected chi connectivity index (χ2v) is 5.01. The standard InChI is InChI=1S/C15H16N2O2/c16-15(5-8-19-9-6-15)14(18)12-4-3-11-2-1-7-17-13(11)10-12/h1-4,7,10H,5-6,8-9,16H2. The SMILES string of the molecule is NC1(C(=O)c2ccc3cccnc3c2)CCOCC1. The number of pyridine rings is 1. The van der Waals surface area contributed by atoms with E-state index in [0.717, 1.165) is 10.9 Å². The molecule has 0 bridgehead atoms. The zero-order valence-corrected chi connectivity index (χ0v) is 10.6. The highest BCUT2D eigenvalue weighted by atomic mass is 16.5. The molecule has 1 aliphatic rings. The van der Waals surface area contributed by atoms with E-state index in [2.05, 4.69) is 4.98 Å². The van der Waals surface area contributed by atoms with Crippen molar-refractivity contribution in [3.8, 4) is 0 Å². The average molecular weight is 256 g/mol. The van der Waals surface area contributed by atoms with Crippen molar-refractivity contribution in [2.24, 2.45) is 5.73 Å². The number of fused-ring (bicyclic) bond motifs is 1. The normalized spacial score (nSPS) is 18.4. The number of carbonyl (C=O) groups excluding carboxylic acids is 1. The molecule has 98 valence electrons. The highest BCUT2D eigenvalue weighted by Crippen LogP contribution is 2.24. The third-order valence-electron chi connectivity index (χ3n) is 3.71. The Morgan fingerprint density at radius 1 is 1.26 bits per heavy atom. The third kappa shape index (κ3) is 2.25. The van der Waals surface area contributed by atoms with Crippen molar-refractivity contribution in [3.05, 3.63) is 42.1 Å². The van der Waals surface area contributed by atoms with E-state index in [1.165, 1.54) is 0 Å². The summed E-state index contributed by atoms with van der Waals surface area (Å²) >= 11 is 0. The minimum atomic E-state index is -0.791. The van der Waals surface area contributed by atoms with Crippen molar-refractivity contribution in [1.29, 1.82) is 0 Å². The minimum Gasteiger partial charge on any atom is -0.381 e. The van der Waals surface area contributed by atoms with Crippen LogP contribution < -0.4 is 5.73 Å². The number of aromatic nitrogens is 1. The van der Waals surface area contributed by atoms with Crippen LogP contribution in [-0.4, -0.2) is 29.5 Å². The molecule has 19 heavy (non-hydrogen) atoms. The van der Waals surface area contributed by atoms with Gasteiger partial charge in [-0.05, 0) is 25.0 Å². The second-order valence-electron chi connectivity index (χ2n) is 5.01. The number of hydrogen-bond acceptors (Lipinski definition) is 4. The van der Waals surface area contributed by atoms with Gasteiger partial charge in [0.15, 0.2) is 5.78 Å². The van der Waals surface area contributed by atoms with Gasteiger partial charge in [0.2, 0.25) is 0 Å². The molecule has 0 unspecified atom stereocenters. The Bertz CT molecular complexity index is 618. The number of carbonyl (C=O) groups is 1. The first-order valence-corrected chi connectivity index (χ1v) is 6.45. The predicted octanol–water partition coefficient (Wildman–Crippen LogP) is 1.93. The van der Waals surface area contributed by atoms with Crippen molar-refractivity contribution in [3.63, 3.8) is 0 Å². The lowest BCUT2D eigenvalue weighted by Crippen LogP contribution is -2.51. The molecule has 0 spiro atoms. The number of nitrogens with zero attached hydrogens (tertiary/aromatic N) is 1. The van der Waals surface area contributed by atoms with Gasteiger partial charge in [0.25, 0.3) is 0 Å². The van der Waals surface area contributed by atoms with Crippen LogP contribution in [-0.2, 0) is 4.74 Å². The smallest absolute Gasteiger partial charge is 0.182 e. The van der Waals surface area contributed by atoms with Crippen molar-refractivity contribution >= 4 is 16.7 Å². The highest BCUT2D eigenvalue weighted by molar-refractivity contribution is 6.05. The highest BCUT2D eigenvalue weighted by Gasteiger charge is 2.36. The Hall–Kier alpha value is -1.78. The maximum Gasteiger partial charge on any atom is 0.182 e. The first kappa shape index (κ1) is 12.3. The maximum absolute atomic E-state index is 12.6. The number of hydrogen-bond donors (Lipinski definition) is 1. The summed E-state index contributed by atoms with van der Waals surface area (Å²) in [6.45, 7) is 1.10. The van der Waals surface area contributed by atoms with Gasteiger partial charge in [0.1, 0.15) is 0 Å². The number of rotatable bonds is 2. The lowest BCUT2D eigenvalue weighted by atomic mass is 9.83. The van der Waals surface area contributed by atoms with E-state index in [4.69, 9.17) is 10.5 Å². The van der Waals surface area contributed by atoms with Gasteiger partial charge in [-0.3, -0.25) is 9.78 Å². The lowest BCUT2D eigenvalue weighted by molar-refractivity contribution is 0.0448. The summed E-state index contributed by atoms with van der Waals surface area (Å²) in [5, 5.41) is 1.03. The molecular formula is C15H16N2O2. The van der Waals surface area contributed by atoms with E-state index in [1.54, 1.807) is 6.20 Å². The van der Waals surface area contributed by atoms with Gasteiger partial charge in [-0.1, -0.05) is 18.2 Å². The molecule has 1 aromatic heterocycles. The molecule has 0 saturated carbocycles. The van der Waals surface area contributed by atoms with E-state index in [0.29, 0.717) is 31.6 Å². The van der Waals surface area contributed by atoms with Crippen LogP contribution in [0.15, 0.2) is 36.5 Å². The molecule has 2 aromatic rings. The number of ether oxygens (including phenoxy) is 1. The molecule has 4 heteroatoms. The summed E-state index contributed by atoms with van der Waals surface area (Å²) < 4.78 is 5.28. The molecule has 0 atom stereocenters. The van der Waals surface area contributed by atoms with Gasteiger partial charge in [-0.15, -0.1) is 0 Å². The Morgan fingerprint density at radius 3 is 2.84 bits per heavy atom. The molecule has 0 amide bonds. The zero-order chi connectivity index (χ0) is 13.3. The van der Waals surface area contributed by atoms with Gasteiger partial charge < -0.3 is 10.5 Å². The quantitative estimate of drug-likeness (QED) is 0.834. The van der Waals surface area contributed by atoms with Crippen LogP contribution in [0.4, 0.5) is 0 Å². The van der Waals surface area contributed by atoms with Crippen LogP contribution >= 0.6 is 0 Å². The molecule has 2 heterocycles. The number of benzene rings is 1. The summed E-state index contributed by atoms with van der Waals surface area (Å²) in [6.07, 6.45) is 2.88.